The fraction of sp³-hybridized carbons (Fsp3) is 0. The van der Waals surface area contributed by atoms with Gasteiger partial charge >= 0.3 is 0 Å². The molecule has 342 valence electrons. The first kappa shape index (κ1) is 43.6. The lowest BCUT2D eigenvalue weighted by atomic mass is 9.92. The molecule has 12 rings (SSSR count). The summed E-state index contributed by atoms with van der Waals surface area (Å²) < 4.78 is 0. The van der Waals surface area contributed by atoms with Crippen molar-refractivity contribution in [1.82, 2.24) is 0 Å². The van der Waals surface area contributed by atoms with Crippen LogP contribution in [0.2, 0.25) is 0 Å². The molecule has 0 saturated carbocycles. The Balaban J connectivity index is 1.12. The molecule has 0 aliphatic rings. The third-order valence-corrected chi connectivity index (χ3v) is 13.3. The molecule has 0 saturated heterocycles. The average molecular weight is 923 g/mol. The summed E-state index contributed by atoms with van der Waals surface area (Å²) in [7, 11) is 0. The second-order valence-corrected chi connectivity index (χ2v) is 17.8. The Morgan fingerprint density at radius 3 is 0.722 bits per heavy atom. The fourth-order valence-corrected chi connectivity index (χ4v) is 10.1. The Kier molecular flexibility index (Phi) is 12.0. The van der Waals surface area contributed by atoms with Gasteiger partial charge in [0.2, 0.25) is 0 Å². The second kappa shape index (κ2) is 19.8. The number of hydrogen-bond acceptors (Lipinski definition) is 4. The maximum Gasteiger partial charge on any atom is 0.0620 e. The summed E-state index contributed by atoms with van der Waals surface area (Å²) in [5.74, 6) is 0. The molecule has 0 fully saturated rings. The molecule has 72 heavy (non-hydrogen) atoms. The van der Waals surface area contributed by atoms with Gasteiger partial charge in [0.15, 0.2) is 0 Å². The van der Waals surface area contributed by atoms with Crippen LogP contribution < -0.4 is 19.6 Å². The highest BCUT2D eigenvalue weighted by molar-refractivity contribution is 6.24. The van der Waals surface area contributed by atoms with Gasteiger partial charge in [-0.15, -0.1) is 0 Å². The van der Waals surface area contributed by atoms with Gasteiger partial charge < -0.3 is 19.6 Å². The number of para-hydroxylation sites is 6. The Hall–Kier alpha value is -9.64. The van der Waals surface area contributed by atoms with Gasteiger partial charge in [0.25, 0.3) is 0 Å². The van der Waals surface area contributed by atoms with Gasteiger partial charge in [0.1, 0.15) is 0 Å². The molecule has 0 aliphatic heterocycles. The molecular weight excluding hydrogens is 873 g/mol. The zero-order chi connectivity index (χ0) is 48.1. The molecule has 0 heterocycles. The summed E-state index contributed by atoms with van der Waals surface area (Å²) >= 11 is 0. The van der Waals surface area contributed by atoms with Crippen molar-refractivity contribution >= 4 is 89.8 Å². The number of rotatable bonds is 13. The van der Waals surface area contributed by atoms with Crippen molar-refractivity contribution in [3.63, 3.8) is 0 Å². The monoisotopic (exact) mass is 922 g/mol. The number of anilines is 12. The van der Waals surface area contributed by atoms with Crippen molar-refractivity contribution in [3.05, 3.63) is 303 Å². The zero-order valence-corrected chi connectivity index (χ0v) is 39.7. The summed E-state index contributed by atoms with van der Waals surface area (Å²) in [6.07, 6.45) is 0. The molecule has 0 aromatic heterocycles. The predicted molar refractivity (Wildman–Crippen MR) is 306 cm³/mol. The Bertz CT molecular complexity index is 3460. The third kappa shape index (κ3) is 8.48. The van der Waals surface area contributed by atoms with Crippen molar-refractivity contribution in [3.8, 4) is 11.1 Å². The third-order valence-electron chi connectivity index (χ3n) is 13.3. The molecule has 0 atom stereocenters. The van der Waals surface area contributed by atoms with Gasteiger partial charge in [-0.05, 0) is 139 Å². The van der Waals surface area contributed by atoms with Crippen LogP contribution in [-0.2, 0) is 0 Å². The van der Waals surface area contributed by atoms with Crippen LogP contribution in [0.3, 0.4) is 0 Å². The minimum absolute atomic E-state index is 1.03. The smallest absolute Gasteiger partial charge is 0.0620 e. The first-order valence-electron chi connectivity index (χ1n) is 24.5. The van der Waals surface area contributed by atoms with Crippen molar-refractivity contribution in [2.24, 2.45) is 0 Å². The van der Waals surface area contributed by atoms with E-state index in [0.717, 1.165) is 101 Å². The van der Waals surface area contributed by atoms with E-state index < -0.39 is 0 Å². The Labute approximate surface area is 421 Å². The van der Waals surface area contributed by atoms with Gasteiger partial charge in [-0.3, -0.25) is 0 Å². The molecule has 4 nitrogen and oxygen atoms in total. The molecule has 0 bridgehead atoms. The largest absolute Gasteiger partial charge is 0.311 e. The molecule has 4 heteroatoms. The average Bonchev–Trinajstić information content (AvgIpc) is 3.46. The van der Waals surface area contributed by atoms with Crippen LogP contribution in [0, 0.1) is 0 Å². The molecule has 0 radical (unpaired) electrons. The summed E-state index contributed by atoms with van der Waals surface area (Å²) in [6.45, 7) is 0. The summed E-state index contributed by atoms with van der Waals surface area (Å²) in [5, 5.41) is 4.52. The predicted octanol–water partition coefficient (Wildman–Crippen LogP) is 19.5. The molecule has 0 spiro atoms. The van der Waals surface area contributed by atoms with E-state index in [0.29, 0.717) is 0 Å². The molecule has 0 N–H and O–H groups in total. The normalized spacial score (nSPS) is 11.1. The minimum atomic E-state index is 1.03. The van der Waals surface area contributed by atoms with E-state index >= 15 is 0 Å². The van der Waals surface area contributed by atoms with Crippen LogP contribution in [0.4, 0.5) is 68.2 Å². The van der Waals surface area contributed by atoms with Crippen LogP contribution in [-0.4, -0.2) is 0 Å². The lowest BCUT2D eigenvalue weighted by Gasteiger charge is -2.33. The maximum atomic E-state index is 2.46. The zero-order valence-electron chi connectivity index (χ0n) is 39.7. The standard InChI is InChI=1S/C68H50N4/c1-8-24-51(25-9-1)52-40-49-65-66(50-52)68(71(57-34-18-6-19-35-57)58-36-20-7-21-37-58)64-39-23-22-38-63(64)67(65)72(61-45-41-59(42-46-61)69(53-26-10-2-11-27-53)54-28-12-3-13-29-54)62-47-43-60(44-48-62)70(55-30-14-4-15-31-55)56-32-16-5-17-33-56/h1-50H. The topological polar surface area (TPSA) is 13.0 Å². The van der Waals surface area contributed by atoms with E-state index in [9.17, 15) is 0 Å². The lowest BCUT2D eigenvalue weighted by Crippen LogP contribution is -2.15. The van der Waals surface area contributed by atoms with Crippen LogP contribution in [0.5, 0.6) is 0 Å². The SMILES string of the molecule is c1ccc(-c2ccc3c(N(c4ccc(N(c5ccccc5)c5ccccc5)cc4)c4ccc(N(c5ccccc5)c5ccccc5)cc4)c4ccccc4c(N(c4ccccc4)c4ccccc4)c3c2)cc1. The van der Waals surface area contributed by atoms with Crippen LogP contribution in [0.25, 0.3) is 32.7 Å². The van der Waals surface area contributed by atoms with Gasteiger partial charge in [0, 0.05) is 78.4 Å². The summed E-state index contributed by atoms with van der Waals surface area (Å²) in [5.41, 5.74) is 15.2. The van der Waals surface area contributed by atoms with E-state index in [4.69, 9.17) is 0 Å². The Morgan fingerprint density at radius 2 is 0.389 bits per heavy atom. The van der Waals surface area contributed by atoms with E-state index in [1.165, 1.54) is 0 Å². The number of benzene rings is 12. The quantitative estimate of drug-likeness (QED) is 0.0844. The lowest BCUT2D eigenvalue weighted by molar-refractivity contribution is 1.25. The highest BCUT2D eigenvalue weighted by Gasteiger charge is 2.27. The fourth-order valence-electron chi connectivity index (χ4n) is 10.1. The highest BCUT2D eigenvalue weighted by atomic mass is 15.2. The second-order valence-electron chi connectivity index (χ2n) is 17.8. The van der Waals surface area contributed by atoms with E-state index in [1.54, 1.807) is 0 Å². The van der Waals surface area contributed by atoms with E-state index in [-0.39, 0.29) is 0 Å². The molecule has 0 amide bonds. The Morgan fingerprint density at radius 1 is 0.153 bits per heavy atom. The number of hydrogen-bond donors (Lipinski definition) is 0. The summed E-state index contributed by atoms with van der Waals surface area (Å²) in [6, 6.07) is 109. The van der Waals surface area contributed by atoms with Crippen molar-refractivity contribution in [2.75, 3.05) is 19.6 Å². The minimum Gasteiger partial charge on any atom is -0.311 e. The van der Waals surface area contributed by atoms with E-state index in [1.807, 2.05) is 0 Å². The van der Waals surface area contributed by atoms with E-state index in [2.05, 4.69) is 323 Å². The number of nitrogens with zero attached hydrogens (tertiary/aromatic N) is 4. The number of fused-ring (bicyclic) bond motifs is 2. The maximum absolute atomic E-state index is 2.46. The summed E-state index contributed by atoms with van der Waals surface area (Å²) in [4.78, 5) is 9.53. The van der Waals surface area contributed by atoms with Crippen molar-refractivity contribution in [1.29, 1.82) is 0 Å². The molecule has 12 aromatic carbocycles. The van der Waals surface area contributed by atoms with Gasteiger partial charge in [-0.1, -0.05) is 176 Å². The van der Waals surface area contributed by atoms with Crippen molar-refractivity contribution < 1.29 is 0 Å². The van der Waals surface area contributed by atoms with Gasteiger partial charge in [-0.25, -0.2) is 0 Å². The highest BCUT2D eigenvalue weighted by Crippen LogP contribution is 2.52. The van der Waals surface area contributed by atoms with Crippen LogP contribution in [0.1, 0.15) is 0 Å². The molecule has 0 unspecified atom stereocenters. The van der Waals surface area contributed by atoms with Gasteiger partial charge in [0.05, 0.1) is 11.4 Å². The van der Waals surface area contributed by atoms with Crippen molar-refractivity contribution in [2.45, 2.75) is 0 Å². The molecule has 0 aliphatic carbocycles. The first-order valence-corrected chi connectivity index (χ1v) is 24.5. The first-order chi connectivity index (χ1) is 35.8. The van der Waals surface area contributed by atoms with Crippen LogP contribution in [0.15, 0.2) is 303 Å². The molecular formula is C68H50N4. The van der Waals surface area contributed by atoms with Crippen LogP contribution >= 0.6 is 0 Å². The van der Waals surface area contributed by atoms with Gasteiger partial charge in [-0.2, -0.15) is 0 Å². The molecule has 12 aromatic rings.